The van der Waals surface area contributed by atoms with E-state index in [-0.39, 0.29) is 7.92 Å². The largest absolute Gasteiger partial charge is 0.682 e. The van der Waals surface area contributed by atoms with Crippen molar-refractivity contribution in [2.75, 3.05) is 31.3 Å². The lowest BCUT2D eigenvalue weighted by Crippen LogP contribution is -2.20. The van der Waals surface area contributed by atoms with Crippen LogP contribution in [0.1, 0.15) is 0 Å². The maximum atomic E-state index is 4.89. The first-order valence-electron chi connectivity index (χ1n) is 8.57. The summed E-state index contributed by atoms with van der Waals surface area (Å²) in [5.74, 6) is 0. The van der Waals surface area contributed by atoms with Crippen LogP contribution in [-0.4, -0.2) is 26.4 Å². The van der Waals surface area contributed by atoms with Gasteiger partial charge in [0.1, 0.15) is 0 Å². The van der Waals surface area contributed by atoms with Gasteiger partial charge in [-0.25, -0.2) is 0 Å². The second-order valence-electron chi connectivity index (χ2n) is 6.09. The molecule has 3 aromatic rings. The molecule has 3 rings (SSSR count). The zero-order chi connectivity index (χ0) is 17.5. The molecule has 128 valence electrons. The maximum absolute atomic E-state index is 4.89. The normalized spacial score (nSPS) is 10.7. The van der Waals surface area contributed by atoms with E-state index in [1.807, 2.05) is 0 Å². The van der Waals surface area contributed by atoms with Crippen molar-refractivity contribution in [1.29, 1.82) is 0 Å². The molecule has 0 aliphatic heterocycles. The van der Waals surface area contributed by atoms with Crippen LogP contribution in [0.15, 0.2) is 84.9 Å². The molecule has 25 heavy (non-hydrogen) atoms. The van der Waals surface area contributed by atoms with E-state index >= 15 is 0 Å². The minimum absolute atomic E-state index is 0.143. The Morgan fingerprint density at radius 2 is 1.24 bits per heavy atom. The number of rotatable bonds is 7. The quantitative estimate of drug-likeness (QED) is 0.487. The predicted molar refractivity (Wildman–Crippen MR) is 113 cm³/mol. The lowest BCUT2D eigenvalue weighted by atomic mass is 10.2. The molecule has 0 bridgehead atoms. The summed E-state index contributed by atoms with van der Waals surface area (Å²) in [7, 11) is -0.143. The highest BCUT2D eigenvalue weighted by molar-refractivity contribution is 7.64. The van der Waals surface area contributed by atoms with Crippen LogP contribution in [-0.2, 0) is 0 Å². The first-order valence-corrected chi connectivity index (χ1v) is 10.8. The summed E-state index contributed by atoms with van der Waals surface area (Å²) in [5, 5.41) is 6.27. The summed E-state index contributed by atoms with van der Waals surface area (Å²) in [6.07, 6.45) is 0. The molecule has 0 radical (unpaired) electrons. The molecule has 0 spiro atoms. The molecule has 3 heteroatoms. The zero-order valence-electron chi connectivity index (χ0n) is 14.8. The molecule has 0 N–H and O–H groups in total. The van der Waals surface area contributed by atoms with Gasteiger partial charge in [0.15, 0.2) is 0 Å². The summed E-state index contributed by atoms with van der Waals surface area (Å²) in [4.78, 5) is 2.33. The lowest BCUT2D eigenvalue weighted by molar-refractivity contribution is 0.980. The average molecular weight is 347 g/mol. The van der Waals surface area contributed by atoms with E-state index in [0.29, 0.717) is 0 Å². The smallest absolute Gasteiger partial charge is 0.0410 e. The van der Waals surface area contributed by atoms with Crippen LogP contribution in [0, 0.1) is 0 Å². The van der Waals surface area contributed by atoms with E-state index in [9.17, 15) is 0 Å². The maximum Gasteiger partial charge on any atom is 0.0410 e. The highest BCUT2D eigenvalue weighted by Crippen LogP contribution is 2.32. The van der Waals surface area contributed by atoms with Crippen LogP contribution < -0.4 is 10.2 Å². The topological polar surface area (TPSA) is 17.3 Å². The minimum Gasteiger partial charge on any atom is -0.682 e. The van der Waals surface area contributed by atoms with Crippen molar-refractivity contribution in [1.82, 2.24) is 0 Å². The molecule has 0 atom stereocenters. The number of hydrogen-bond donors (Lipinski definition) is 0. The molecule has 0 unspecified atom stereocenters. The Morgan fingerprint density at radius 3 is 1.80 bits per heavy atom. The molecular formula is C22H24N2P-. The first-order chi connectivity index (χ1) is 12.3. The summed E-state index contributed by atoms with van der Waals surface area (Å²) < 4.78 is 0. The predicted octanol–water partition coefficient (Wildman–Crippen LogP) is 5.90. The minimum atomic E-state index is -0.143. The average Bonchev–Trinajstić information content (AvgIpc) is 2.67. The van der Waals surface area contributed by atoms with Crippen molar-refractivity contribution < 1.29 is 0 Å². The first kappa shape index (κ1) is 17.5. The fraction of sp³-hybridized carbons (Fsp3) is 0.182. The van der Waals surface area contributed by atoms with Crippen LogP contribution in [0.4, 0.5) is 17.1 Å². The number of benzene rings is 3. The van der Waals surface area contributed by atoms with E-state index < -0.39 is 0 Å². The number of para-hydroxylation sites is 3. The van der Waals surface area contributed by atoms with E-state index in [4.69, 9.17) is 5.32 Å². The molecule has 0 amide bonds. The van der Waals surface area contributed by atoms with Crippen LogP contribution in [0.2, 0.25) is 0 Å². The van der Waals surface area contributed by atoms with Crippen molar-refractivity contribution in [3.8, 4) is 0 Å². The van der Waals surface area contributed by atoms with E-state index in [0.717, 1.165) is 18.8 Å². The molecule has 0 aliphatic rings. The molecule has 0 saturated heterocycles. The standard InChI is InChI=1S/C22H24N2P/c1-25(2)22-16-10-9-15-21(22)23-17-18-24(19-11-5-3-6-12-19)20-13-7-4-8-14-20/h3-16H,17-18H2,1-2H3/q-1. The Morgan fingerprint density at radius 1 is 0.720 bits per heavy atom. The van der Waals surface area contributed by atoms with Gasteiger partial charge in [0.2, 0.25) is 0 Å². The van der Waals surface area contributed by atoms with Gasteiger partial charge in [-0.1, -0.05) is 68.6 Å². The van der Waals surface area contributed by atoms with Gasteiger partial charge in [-0.05, 0) is 42.9 Å². The Labute approximate surface area is 152 Å². The van der Waals surface area contributed by atoms with Gasteiger partial charge < -0.3 is 10.2 Å². The molecule has 0 saturated carbocycles. The van der Waals surface area contributed by atoms with Crippen molar-refractivity contribution in [2.45, 2.75) is 0 Å². The summed E-state index contributed by atoms with van der Waals surface area (Å²) in [5.41, 5.74) is 3.54. The van der Waals surface area contributed by atoms with E-state index in [2.05, 4.69) is 103 Å². The van der Waals surface area contributed by atoms with E-state index in [1.54, 1.807) is 0 Å². The van der Waals surface area contributed by atoms with Crippen molar-refractivity contribution in [3.63, 3.8) is 0 Å². The Balaban J connectivity index is 1.74. The highest BCUT2D eigenvalue weighted by Gasteiger charge is 2.06. The molecule has 3 aromatic carbocycles. The molecule has 0 fully saturated rings. The van der Waals surface area contributed by atoms with Gasteiger partial charge >= 0.3 is 0 Å². The third-order valence-corrected chi connectivity index (χ3v) is 5.45. The highest BCUT2D eigenvalue weighted by atomic mass is 31.1. The van der Waals surface area contributed by atoms with Crippen LogP contribution in [0.25, 0.3) is 5.32 Å². The van der Waals surface area contributed by atoms with Gasteiger partial charge in [-0.3, -0.25) is 0 Å². The van der Waals surface area contributed by atoms with Gasteiger partial charge in [0, 0.05) is 17.9 Å². The summed E-state index contributed by atoms with van der Waals surface area (Å²) >= 11 is 0. The number of hydrogen-bond acceptors (Lipinski definition) is 1. The number of anilines is 2. The number of nitrogens with zero attached hydrogens (tertiary/aromatic N) is 2. The Kier molecular flexibility index (Phi) is 6.09. The van der Waals surface area contributed by atoms with Gasteiger partial charge in [0.05, 0.1) is 0 Å². The van der Waals surface area contributed by atoms with Gasteiger partial charge in [-0.15, -0.1) is 12.2 Å². The fourth-order valence-corrected chi connectivity index (χ4v) is 3.86. The molecular weight excluding hydrogens is 323 g/mol. The zero-order valence-corrected chi connectivity index (χ0v) is 15.7. The van der Waals surface area contributed by atoms with Crippen molar-refractivity contribution in [2.24, 2.45) is 0 Å². The molecule has 2 nitrogen and oxygen atoms in total. The van der Waals surface area contributed by atoms with Crippen molar-refractivity contribution >= 4 is 30.3 Å². The third kappa shape index (κ3) is 4.61. The molecule has 0 aromatic heterocycles. The Hall–Kier alpha value is -2.31. The third-order valence-electron chi connectivity index (χ3n) is 4.11. The summed E-state index contributed by atoms with van der Waals surface area (Å²) in [6, 6.07) is 29.6. The van der Waals surface area contributed by atoms with Crippen molar-refractivity contribution in [3.05, 3.63) is 90.2 Å². The Bertz CT molecular complexity index is 733. The second kappa shape index (κ2) is 8.69. The molecule has 0 aliphatic carbocycles. The monoisotopic (exact) mass is 347 g/mol. The van der Waals surface area contributed by atoms with Crippen LogP contribution in [0.3, 0.4) is 0 Å². The fourth-order valence-electron chi connectivity index (χ4n) is 2.87. The molecule has 0 heterocycles. The van der Waals surface area contributed by atoms with Gasteiger partial charge in [-0.2, -0.15) is 0 Å². The SMILES string of the molecule is CP(C)c1ccccc1[N-]CCN(c1ccccc1)c1ccccc1. The van der Waals surface area contributed by atoms with Crippen LogP contribution in [0.5, 0.6) is 0 Å². The second-order valence-corrected chi connectivity index (χ2v) is 8.36. The lowest BCUT2D eigenvalue weighted by Gasteiger charge is -2.31. The van der Waals surface area contributed by atoms with E-state index in [1.165, 1.54) is 16.7 Å². The summed E-state index contributed by atoms with van der Waals surface area (Å²) in [6.45, 7) is 6.19. The van der Waals surface area contributed by atoms with Gasteiger partial charge in [0.25, 0.3) is 0 Å². The van der Waals surface area contributed by atoms with Crippen LogP contribution >= 0.6 is 7.92 Å².